The monoisotopic (exact) mass is 711 g/mol. The number of nitrogen functional groups attached to an aromatic ring is 1. The molecule has 0 spiro atoms. The molecule has 0 aliphatic carbocycles. The second kappa shape index (κ2) is 12.4. The van der Waals surface area contributed by atoms with Gasteiger partial charge in [-0.1, -0.05) is 0 Å². The smallest absolute Gasteiger partial charge is 1.00 e. The summed E-state index contributed by atoms with van der Waals surface area (Å²) in [6, 6.07) is 11.9. The van der Waals surface area contributed by atoms with Crippen molar-refractivity contribution < 1.29 is 99.2 Å². The zero-order valence-corrected chi connectivity index (χ0v) is 23.6. The molecule has 0 radical (unpaired) electrons. The Morgan fingerprint density at radius 3 is 1.33 bits per heavy atom. The van der Waals surface area contributed by atoms with Crippen molar-refractivity contribution in [3.63, 3.8) is 0 Å². The first-order valence-electron chi connectivity index (χ1n) is 5.73. The van der Waals surface area contributed by atoms with Crippen LogP contribution in [0.25, 0.3) is 0 Å². The normalized spacial score (nSPS) is 10.5. The summed E-state index contributed by atoms with van der Waals surface area (Å²) in [4.78, 5) is 0. The van der Waals surface area contributed by atoms with Gasteiger partial charge in [0, 0.05) is 0 Å². The molecule has 2 aromatic carbocycles. The Hall–Kier alpha value is 1.89. The maximum Gasteiger partial charge on any atom is 1.00 e. The van der Waals surface area contributed by atoms with Gasteiger partial charge in [-0.2, -0.15) is 0 Å². The van der Waals surface area contributed by atoms with Crippen molar-refractivity contribution in [2.24, 2.45) is 0 Å². The molecule has 0 fully saturated rings. The molecular weight excluding hydrogens is 697 g/mol. The molecule has 0 heterocycles. The van der Waals surface area contributed by atoms with E-state index in [1.165, 1.54) is 36.4 Å². The molecule has 0 saturated heterocycles. The van der Waals surface area contributed by atoms with E-state index in [1.54, 1.807) is 12.1 Å². The van der Waals surface area contributed by atoms with Crippen LogP contribution in [0, 0.1) is 3.57 Å². The molecule has 0 aliphatic heterocycles. The van der Waals surface area contributed by atoms with E-state index in [2.05, 4.69) is 22.6 Å². The third kappa shape index (κ3) is 10.9. The van der Waals surface area contributed by atoms with Crippen molar-refractivity contribution in [3.05, 3.63) is 52.1 Å². The van der Waals surface area contributed by atoms with Gasteiger partial charge in [-0.3, -0.25) is 0 Å². The molecule has 0 aromatic heterocycles. The topological polar surface area (TPSA) is 141 Å². The van der Waals surface area contributed by atoms with Crippen molar-refractivity contribution in [2.75, 3.05) is 5.73 Å². The zero-order chi connectivity index (χ0) is 17.0. The van der Waals surface area contributed by atoms with E-state index in [4.69, 9.17) is 22.1 Å². The number of hydrogen-bond donors (Lipinski definition) is 5. The largest absolute Gasteiger partial charge is 1.00 e. The molecule has 0 unspecified atom stereocenters. The standard InChI is InChI=1S/C6H6AsIO3.C6H8AsNO3.HI.K/c2*8-6-3-1-5(2-4-6)7(9,10)11;;/h1-4H,(H2,9,10,11);1-4H,8H2,(H2,9,10,11);1H;/q;;;+1/p-1. The van der Waals surface area contributed by atoms with Gasteiger partial charge in [0.2, 0.25) is 0 Å². The summed E-state index contributed by atoms with van der Waals surface area (Å²) in [5, 5.41) is 0. The van der Waals surface area contributed by atoms with Crippen LogP contribution in [0.15, 0.2) is 48.5 Å². The number of rotatable bonds is 2. The second-order valence-corrected chi connectivity index (χ2v) is 12.1. The van der Waals surface area contributed by atoms with Crippen LogP contribution in [-0.4, -0.2) is 44.7 Å². The predicted octanol–water partition coefficient (Wildman–Crippen LogP) is -7.31. The van der Waals surface area contributed by atoms with E-state index in [0.717, 1.165) is 3.57 Å². The molecule has 0 atom stereocenters. The quantitative estimate of drug-likeness (QED) is 0.119. The first-order chi connectivity index (χ1) is 10.00. The number of anilines is 1. The van der Waals surface area contributed by atoms with Gasteiger partial charge in [-0.25, -0.2) is 0 Å². The second-order valence-electron chi connectivity index (χ2n) is 4.16. The first-order valence-corrected chi connectivity index (χ1v) is 13.6. The maximum absolute atomic E-state index is 10.7. The molecule has 0 saturated carbocycles. The van der Waals surface area contributed by atoms with Gasteiger partial charge in [0.05, 0.1) is 0 Å². The molecule has 0 aliphatic rings. The van der Waals surface area contributed by atoms with E-state index in [9.17, 15) is 7.48 Å². The van der Waals surface area contributed by atoms with Crippen molar-refractivity contribution in [1.82, 2.24) is 0 Å². The van der Waals surface area contributed by atoms with Gasteiger partial charge >= 0.3 is 198 Å². The fourth-order valence-corrected chi connectivity index (χ4v) is 3.92. The summed E-state index contributed by atoms with van der Waals surface area (Å²) < 4.78 is 57.4. The van der Waals surface area contributed by atoms with Crippen LogP contribution in [0.5, 0.6) is 0 Å². The van der Waals surface area contributed by atoms with E-state index in [1.807, 2.05) is 0 Å². The van der Waals surface area contributed by atoms with Gasteiger partial charge < -0.3 is 24.0 Å². The van der Waals surface area contributed by atoms with E-state index in [0.29, 0.717) is 5.69 Å². The molecule has 24 heavy (non-hydrogen) atoms. The van der Waals surface area contributed by atoms with E-state index < -0.39 is 28.3 Å². The Morgan fingerprint density at radius 2 is 1.04 bits per heavy atom. The summed E-state index contributed by atoms with van der Waals surface area (Å²) in [6.45, 7) is 0. The Kier molecular flexibility index (Phi) is 14.5. The van der Waals surface area contributed by atoms with Crippen molar-refractivity contribution in [2.45, 2.75) is 0 Å². The van der Waals surface area contributed by atoms with Crippen LogP contribution in [-0.2, 0) is 7.48 Å². The summed E-state index contributed by atoms with van der Waals surface area (Å²) >= 11 is -7.23. The van der Waals surface area contributed by atoms with Crippen LogP contribution in [0.3, 0.4) is 0 Å². The van der Waals surface area contributed by atoms with Crippen LogP contribution in [0.2, 0.25) is 0 Å². The van der Waals surface area contributed by atoms with Crippen molar-refractivity contribution in [3.8, 4) is 0 Å². The Morgan fingerprint density at radius 1 is 0.750 bits per heavy atom. The van der Waals surface area contributed by atoms with Gasteiger partial charge in [0.1, 0.15) is 0 Å². The van der Waals surface area contributed by atoms with Gasteiger partial charge in [-0.05, 0) is 0 Å². The third-order valence-electron chi connectivity index (χ3n) is 2.39. The minimum absolute atomic E-state index is 0. The average Bonchev–Trinajstić information content (AvgIpc) is 2.38. The zero-order valence-electron chi connectivity index (χ0n) is 12.5. The Balaban J connectivity index is 0. The summed E-state index contributed by atoms with van der Waals surface area (Å²) in [5.74, 6) is 0. The van der Waals surface area contributed by atoms with Gasteiger partial charge in [-0.15, -0.1) is 0 Å². The maximum atomic E-state index is 10.7. The molecule has 0 amide bonds. The Bertz CT molecular complexity index is 654. The van der Waals surface area contributed by atoms with Crippen LogP contribution in [0.1, 0.15) is 0 Å². The molecule has 6 N–H and O–H groups in total. The van der Waals surface area contributed by atoms with Crippen LogP contribution < -0.4 is 89.8 Å². The minimum Gasteiger partial charge on any atom is -1.00 e. The minimum atomic E-state index is -4.68. The van der Waals surface area contributed by atoms with E-state index in [-0.39, 0.29) is 84.1 Å². The fraction of sp³-hybridized carbons (Fsp3) is 0. The fourth-order valence-electron chi connectivity index (χ4n) is 1.30. The van der Waals surface area contributed by atoms with Crippen molar-refractivity contribution >= 4 is 65.3 Å². The number of benzene rings is 2. The number of halogens is 2. The summed E-state index contributed by atoms with van der Waals surface area (Å²) in [6.07, 6.45) is 0. The molecule has 12 heteroatoms. The molecular formula is C12H14As2I2KNO6. The molecule has 2 aromatic rings. The molecule has 2 rings (SSSR count). The summed E-state index contributed by atoms with van der Waals surface area (Å²) in [7, 11) is 0. The van der Waals surface area contributed by atoms with Gasteiger partial charge in [0.25, 0.3) is 0 Å². The Labute approximate surface area is 218 Å². The van der Waals surface area contributed by atoms with Gasteiger partial charge in [0.15, 0.2) is 0 Å². The molecule has 0 bridgehead atoms. The average molecular weight is 711 g/mol. The summed E-state index contributed by atoms with van der Waals surface area (Å²) in [5.41, 5.74) is 5.82. The number of hydrogen-bond acceptors (Lipinski definition) is 3. The van der Waals surface area contributed by atoms with Crippen molar-refractivity contribution in [1.29, 1.82) is 0 Å². The number of nitrogens with two attached hydrogens (primary N) is 1. The van der Waals surface area contributed by atoms with Crippen LogP contribution >= 0.6 is 22.6 Å². The molecule has 7 nitrogen and oxygen atoms in total. The molecule has 128 valence electrons. The predicted molar refractivity (Wildman–Crippen MR) is 91.0 cm³/mol. The first kappa shape index (κ1) is 28.1. The SMILES string of the molecule is Nc1ccc([As](=O)(O)O)cc1.O=[As](O)(O)c1ccc(I)cc1.[I-].[K+]. The van der Waals surface area contributed by atoms with Crippen LogP contribution in [0.4, 0.5) is 5.69 Å². The van der Waals surface area contributed by atoms with E-state index >= 15 is 0 Å². The third-order valence-corrected chi connectivity index (χ3v) is 7.19.